The number of amides is 1. The Morgan fingerprint density at radius 1 is 1.19 bits per heavy atom. The standard InChI is InChI=1S/C15H17BrN2OS2/c16-14-3-2-13(21-14)15(19)18-6-1-5-17(7-8-18)10-12-4-9-20-11-12/h2-4,9,11H,1,5-8,10H2. The zero-order valence-corrected chi connectivity index (χ0v) is 14.8. The van der Waals surface area contributed by atoms with Gasteiger partial charge in [0.25, 0.3) is 5.91 Å². The second-order valence-corrected chi connectivity index (χ2v) is 8.40. The third-order valence-electron chi connectivity index (χ3n) is 3.65. The monoisotopic (exact) mass is 384 g/mol. The van der Waals surface area contributed by atoms with E-state index in [0.29, 0.717) is 0 Å². The molecule has 6 heteroatoms. The largest absolute Gasteiger partial charge is 0.337 e. The Morgan fingerprint density at radius 3 is 2.81 bits per heavy atom. The van der Waals surface area contributed by atoms with Crippen LogP contribution < -0.4 is 0 Å². The predicted molar refractivity (Wildman–Crippen MR) is 92.1 cm³/mol. The number of rotatable bonds is 3. The lowest BCUT2D eigenvalue weighted by molar-refractivity contribution is 0.0766. The van der Waals surface area contributed by atoms with Crippen molar-refractivity contribution in [1.29, 1.82) is 0 Å². The van der Waals surface area contributed by atoms with Gasteiger partial charge in [0.1, 0.15) is 0 Å². The molecule has 0 spiro atoms. The molecule has 1 fully saturated rings. The quantitative estimate of drug-likeness (QED) is 0.800. The van der Waals surface area contributed by atoms with Crippen LogP contribution in [0.2, 0.25) is 0 Å². The molecule has 1 aliphatic rings. The summed E-state index contributed by atoms with van der Waals surface area (Å²) in [7, 11) is 0. The summed E-state index contributed by atoms with van der Waals surface area (Å²) in [5.41, 5.74) is 1.38. The van der Waals surface area contributed by atoms with Crippen LogP contribution in [0, 0.1) is 0 Å². The summed E-state index contributed by atoms with van der Waals surface area (Å²) in [6.45, 7) is 4.69. The third-order valence-corrected chi connectivity index (χ3v) is 5.99. The summed E-state index contributed by atoms with van der Waals surface area (Å²) >= 11 is 6.68. The molecule has 21 heavy (non-hydrogen) atoms. The van der Waals surface area contributed by atoms with Crippen molar-refractivity contribution in [2.24, 2.45) is 0 Å². The van der Waals surface area contributed by atoms with Crippen LogP contribution in [0.25, 0.3) is 0 Å². The van der Waals surface area contributed by atoms with Gasteiger partial charge in [-0.05, 0) is 56.9 Å². The van der Waals surface area contributed by atoms with Gasteiger partial charge in [-0.25, -0.2) is 0 Å². The number of hydrogen-bond acceptors (Lipinski definition) is 4. The first-order valence-electron chi connectivity index (χ1n) is 7.00. The fourth-order valence-corrected chi connectivity index (χ4v) is 4.57. The van der Waals surface area contributed by atoms with Gasteiger partial charge in [0, 0.05) is 32.7 Å². The molecule has 0 unspecified atom stereocenters. The van der Waals surface area contributed by atoms with Gasteiger partial charge in [-0.3, -0.25) is 9.69 Å². The van der Waals surface area contributed by atoms with Gasteiger partial charge >= 0.3 is 0 Å². The molecule has 112 valence electrons. The molecule has 0 radical (unpaired) electrons. The van der Waals surface area contributed by atoms with E-state index in [-0.39, 0.29) is 5.91 Å². The van der Waals surface area contributed by atoms with Crippen molar-refractivity contribution in [2.75, 3.05) is 26.2 Å². The molecule has 0 saturated carbocycles. The molecule has 0 bridgehead atoms. The molecule has 1 amide bonds. The Balaban J connectivity index is 1.59. The van der Waals surface area contributed by atoms with Crippen molar-refractivity contribution >= 4 is 44.5 Å². The predicted octanol–water partition coefficient (Wildman–Crippen LogP) is 3.92. The number of halogens is 1. The highest BCUT2D eigenvalue weighted by Gasteiger charge is 2.21. The summed E-state index contributed by atoms with van der Waals surface area (Å²) in [5, 5.41) is 4.33. The molecule has 0 N–H and O–H groups in total. The van der Waals surface area contributed by atoms with Gasteiger partial charge < -0.3 is 4.90 Å². The lowest BCUT2D eigenvalue weighted by Crippen LogP contribution is -2.34. The minimum absolute atomic E-state index is 0.170. The van der Waals surface area contributed by atoms with E-state index in [1.54, 1.807) is 11.3 Å². The van der Waals surface area contributed by atoms with Gasteiger partial charge in [0.15, 0.2) is 0 Å². The van der Waals surface area contributed by atoms with Gasteiger partial charge in [0.05, 0.1) is 8.66 Å². The lowest BCUT2D eigenvalue weighted by Gasteiger charge is -2.21. The highest BCUT2D eigenvalue weighted by molar-refractivity contribution is 9.11. The first-order chi connectivity index (χ1) is 10.2. The molecule has 3 nitrogen and oxygen atoms in total. The zero-order chi connectivity index (χ0) is 14.7. The highest BCUT2D eigenvalue weighted by Crippen LogP contribution is 2.24. The van der Waals surface area contributed by atoms with E-state index in [4.69, 9.17) is 0 Å². The Hall–Kier alpha value is -0.690. The fourth-order valence-electron chi connectivity index (χ4n) is 2.56. The third kappa shape index (κ3) is 3.94. The van der Waals surface area contributed by atoms with E-state index in [9.17, 15) is 4.79 Å². The average Bonchev–Trinajstić information content (AvgIpc) is 3.07. The summed E-state index contributed by atoms with van der Waals surface area (Å²) in [6.07, 6.45) is 1.04. The Labute approximate surface area is 141 Å². The van der Waals surface area contributed by atoms with E-state index >= 15 is 0 Å². The van der Waals surface area contributed by atoms with Gasteiger partial charge in [-0.2, -0.15) is 11.3 Å². The van der Waals surface area contributed by atoms with Crippen molar-refractivity contribution in [1.82, 2.24) is 9.80 Å². The van der Waals surface area contributed by atoms with Crippen molar-refractivity contribution < 1.29 is 4.79 Å². The number of thiophene rings is 2. The van der Waals surface area contributed by atoms with E-state index in [0.717, 1.165) is 47.8 Å². The molecule has 2 aromatic heterocycles. The topological polar surface area (TPSA) is 23.6 Å². The van der Waals surface area contributed by atoms with Crippen LogP contribution in [-0.4, -0.2) is 41.9 Å². The van der Waals surface area contributed by atoms with Gasteiger partial charge in [-0.1, -0.05) is 0 Å². The van der Waals surface area contributed by atoms with Crippen molar-refractivity contribution in [3.05, 3.63) is 43.2 Å². The Morgan fingerprint density at radius 2 is 2.10 bits per heavy atom. The maximum atomic E-state index is 12.5. The maximum Gasteiger partial charge on any atom is 0.264 e. The molecule has 3 heterocycles. The Kier molecular flexibility index (Phi) is 5.11. The van der Waals surface area contributed by atoms with Crippen LogP contribution in [0.3, 0.4) is 0 Å². The summed E-state index contributed by atoms with van der Waals surface area (Å²) in [4.78, 5) is 17.8. The Bertz CT molecular complexity index is 597. The van der Waals surface area contributed by atoms with Crippen LogP contribution in [0.15, 0.2) is 32.7 Å². The molecule has 0 aromatic carbocycles. The SMILES string of the molecule is O=C(c1ccc(Br)s1)N1CCCN(Cc2ccsc2)CC1. The van der Waals surface area contributed by atoms with Crippen LogP contribution in [0.5, 0.6) is 0 Å². The van der Waals surface area contributed by atoms with Crippen LogP contribution in [0.4, 0.5) is 0 Å². The van der Waals surface area contributed by atoms with Gasteiger partial charge in [0.2, 0.25) is 0 Å². The molecule has 2 aromatic rings. The molecule has 0 atom stereocenters. The summed E-state index contributed by atoms with van der Waals surface area (Å²) in [6, 6.07) is 6.03. The van der Waals surface area contributed by atoms with Crippen molar-refractivity contribution in [2.45, 2.75) is 13.0 Å². The van der Waals surface area contributed by atoms with E-state index in [2.05, 4.69) is 37.7 Å². The van der Waals surface area contributed by atoms with E-state index in [1.165, 1.54) is 16.9 Å². The van der Waals surface area contributed by atoms with E-state index in [1.807, 2.05) is 17.0 Å². The second-order valence-electron chi connectivity index (χ2n) is 5.16. The van der Waals surface area contributed by atoms with Crippen LogP contribution in [0.1, 0.15) is 21.7 Å². The summed E-state index contributed by atoms with van der Waals surface area (Å²) < 4.78 is 1.01. The number of hydrogen-bond donors (Lipinski definition) is 0. The molecule has 0 aliphatic carbocycles. The maximum absolute atomic E-state index is 12.5. The zero-order valence-electron chi connectivity index (χ0n) is 11.6. The van der Waals surface area contributed by atoms with Crippen molar-refractivity contribution in [3.8, 4) is 0 Å². The highest BCUT2D eigenvalue weighted by atomic mass is 79.9. The smallest absolute Gasteiger partial charge is 0.264 e. The molecule has 3 rings (SSSR count). The number of nitrogens with zero attached hydrogens (tertiary/aromatic N) is 2. The van der Waals surface area contributed by atoms with Crippen LogP contribution in [-0.2, 0) is 6.54 Å². The minimum atomic E-state index is 0.170. The molecular weight excluding hydrogens is 368 g/mol. The van der Waals surface area contributed by atoms with Crippen molar-refractivity contribution in [3.63, 3.8) is 0 Å². The normalized spacial score (nSPS) is 16.9. The lowest BCUT2D eigenvalue weighted by atomic mass is 10.3. The number of carbonyl (C=O) groups is 1. The first kappa shape index (κ1) is 15.2. The fraction of sp³-hybridized carbons (Fsp3) is 0.400. The minimum Gasteiger partial charge on any atom is -0.337 e. The molecule has 1 saturated heterocycles. The van der Waals surface area contributed by atoms with Crippen LogP contribution >= 0.6 is 38.6 Å². The van der Waals surface area contributed by atoms with Gasteiger partial charge in [-0.15, -0.1) is 11.3 Å². The summed E-state index contributed by atoms with van der Waals surface area (Å²) in [5.74, 6) is 0.170. The number of carbonyl (C=O) groups excluding carboxylic acids is 1. The average molecular weight is 385 g/mol. The first-order valence-corrected chi connectivity index (χ1v) is 9.55. The molecular formula is C15H17BrN2OS2. The van der Waals surface area contributed by atoms with E-state index < -0.39 is 0 Å². The molecule has 1 aliphatic heterocycles. The second kappa shape index (κ2) is 7.05.